The number of halogens is 2. The van der Waals surface area contributed by atoms with E-state index in [1.807, 2.05) is 0 Å². The quantitative estimate of drug-likeness (QED) is 0.780. The third-order valence-electron chi connectivity index (χ3n) is 3.09. The maximum atomic E-state index is 15.0. The van der Waals surface area contributed by atoms with Gasteiger partial charge < -0.3 is 9.64 Å². The Morgan fingerprint density at radius 3 is 2.80 bits per heavy atom. The summed E-state index contributed by atoms with van der Waals surface area (Å²) in [6.07, 6.45) is 2.89. The molecule has 1 saturated heterocycles. The monoisotopic (exact) mass is 344 g/mol. The van der Waals surface area contributed by atoms with Gasteiger partial charge in [-0.25, -0.2) is 9.18 Å². The smallest absolute Gasteiger partial charge is 0.410 e. The van der Waals surface area contributed by atoms with Crippen LogP contribution in [-0.2, 0) is 10.4 Å². The van der Waals surface area contributed by atoms with Gasteiger partial charge in [0.1, 0.15) is 5.60 Å². The second kappa shape index (κ2) is 5.31. The van der Waals surface area contributed by atoms with Gasteiger partial charge in [0, 0.05) is 35.4 Å². The van der Waals surface area contributed by atoms with E-state index in [9.17, 15) is 9.18 Å². The molecule has 4 nitrogen and oxygen atoms in total. The van der Waals surface area contributed by atoms with Crippen molar-refractivity contribution in [3.8, 4) is 0 Å². The lowest BCUT2D eigenvalue weighted by Crippen LogP contribution is -2.37. The first-order valence-corrected chi connectivity index (χ1v) is 7.27. The zero-order chi connectivity index (χ0) is 15.0. The Bertz CT molecular complexity index is 518. The average molecular weight is 345 g/mol. The SMILES string of the molecule is CC(C)(C)OC(=O)N1CCC(F)(c2cncc(Br)c2)C1. The van der Waals surface area contributed by atoms with Crippen molar-refractivity contribution in [1.82, 2.24) is 9.88 Å². The van der Waals surface area contributed by atoms with Gasteiger partial charge in [-0.15, -0.1) is 0 Å². The van der Waals surface area contributed by atoms with Crippen molar-refractivity contribution in [3.63, 3.8) is 0 Å². The average Bonchev–Trinajstić information content (AvgIpc) is 2.71. The predicted octanol–water partition coefficient (Wildman–Crippen LogP) is 3.65. The maximum Gasteiger partial charge on any atom is 0.410 e. The number of pyridine rings is 1. The molecule has 0 aromatic carbocycles. The van der Waals surface area contributed by atoms with E-state index in [1.54, 1.807) is 33.0 Å². The lowest BCUT2D eigenvalue weighted by Gasteiger charge is -2.25. The van der Waals surface area contributed by atoms with Crippen molar-refractivity contribution in [2.45, 2.75) is 38.5 Å². The third-order valence-corrected chi connectivity index (χ3v) is 3.53. The van der Waals surface area contributed by atoms with E-state index in [2.05, 4.69) is 20.9 Å². The molecule has 0 bridgehead atoms. The van der Waals surface area contributed by atoms with E-state index in [-0.39, 0.29) is 13.0 Å². The highest BCUT2D eigenvalue weighted by atomic mass is 79.9. The van der Waals surface area contributed by atoms with Crippen molar-refractivity contribution in [3.05, 3.63) is 28.5 Å². The number of rotatable bonds is 1. The van der Waals surface area contributed by atoms with Crippen molar-refractivity contribution in [2.24, 2.45) is 0 Å². The molecule has 2 rings (SSSR count). The number of likely N-dealkylation sites (tertiary alicyclic amines) is 1. The summed E-state index contributed by atoms with van der Waals surface area (Å²) in [6, 6.07) is 1.70. The fraction of sp³-hybridized carbons (Fsp3) is 0.571. The Morgan fingerprint density at radius 2 is 2.20 bits per heavy atom. The molecule has 0 saturated carbocycles. The van der Waals surface area contributed by atoms with Crippen LogP contribution < -0.4 is 0 Å². The van der Waals surface area contributed by atoms with Crippen molar-refractivity contribution < 1.29 is 13.9 Å². The zero-order valence-electron chi connectivity index (χ0n) is 11.8. The highest BCUT2D eigenvalue weighted by molar-refractivity contribution is 9.10. The first-order valence-electron chi connectivity index (χ1n) is 6.47. The molecule has 1 aliphatic heterocycles. The fourth-order valence-electron chi connectivity index (χ4n) is 2.15. The summed E-state index contributed by atoms with van der Waals surface area (Å²) in [6.45, 7) is 5.73. The lowest BCUT2D eigenvalue weighted by atomic mass is 9.97. The second-order valence-corrected chi connectivity index (χ2v) is 6.92. The van der Waals surface area contributed by atoms with Crippen LogP contribution in [0.3, 0.4) is 0 Å². The summed E-state index contributed by atoms with van der Waals surface area (Å²) in [5.41, 5.74) is -1.65. The van der Waals surface area contributed by atoms with Crippen molar-refractivity contribution >= 4 is 22.0 Å². The summed E-state index contributed by atoms with van der Waals surface area (Å²) < 4.78 is 21.0. The topological polar surface area (TPSA) is 42.4 Å². The molecule has 0 aliphatic carbocycles. The molecule has 1 unspecified atom stereocenters. The van der Waals surface area contributed by atoms with Gasteiger partial charge in [-0.2, -0.15) is 0 Å². The number of nitrogens with zero attached hydrogens (tertiary/aromatic N) is 2. The Labute approximate surface area is 126 Å². The minimum atomic E-state index is -1.56. The highest BCUT2D eigenvalue weighted by Gasteiger charge is 2.43. The van der Waals surface area contributed by atoms with Gasteiger partial charge in [0.15, 0.2) is 5.67 Å². The Hall–Kier alpha value is -1.17. The number of aromatic nitrogens is 1. The highest BCUT2D eigenvalue weighted by Crippen LogP contribution is 2.37. The summed E-state index contributed by atoms with van der Waals surface area (Å²) in [5.74, 6) is 0. The van der Waals surface area contributed by atoms with E-state index in [0.717, 1.165) is 4.47 Å². The van der Waals surface area contributed by atoms with Crippen LogP contribution in [0, 0.1) is 0 Å². The molecule has 2 heterocycles. The summed E-state index contributed by atoms with van der Waals surface area (Å²) in [7, 11) is 0. The van der Waals surface area contributed by atoms with Gasteiger partial charge in [-0.3, -0.25) is 4.98 Å². The van der Waals surface area contributed by atoms with Crippen molar-refractivity contribution in [1.29, 1.82) is 0 Å². The van der Waals surface area contributed by atoms with Gasteiger partial charge in [-0.1, -0.05) is 0 Å². The number of carbonyl (C=O) groups excluding carboxylic acids is 1. The molecule has 0 spiro atoms. The molecule has 0 radical (unpaired) electrons. The van der Waals surface area contributed by atoms with Crippen LogP contribution in [0.15, 0.2) is 22.9 Å². The third kappa shape index (κ3) is 3.48. The Balaban J connectivity index is 2.10. The molecular formula is C14H18BrFN2O2. The molecular weight excluding hydrogens is 327 g/mol. The van der Waals surface area contributed by atoms with E-state index >= 15 is 0 Å². The van der Waals surface area contributed by atoms with Crippen molar-refractivity contribution in [2.75, 3.05) is 13.1 Å². The molecule has 20 heavy (non-hydrogen) atoms. The fourth-order valence-corrected chi connectivity index (χ4v) is 2.51. The first-order chi connectivity index (χ1) is 9.20. The van der Waals surface area contributed by atoms with Gasteiger partial charge in [0.05, 0.1) is 6.54 Å². The predicted molar refractivity (Wildman–Crippen MR) is 77.1 cm³/mol. The lowest BCUT2D eigenvalue weighted by molar-refractivity contribution is 0.0257. The normalized spacial score (nSPS) is 22.9. The number of amides is 1. The van der Waals surface area contributed by atoms with Crippen LogP contribution in [0.2, 0.25) is 0 Å². The van der Waals surface area contributed by atoms with Crippen LogP contribution in [0.25, 0.3) is 0 Å². The van der Waals surface area contributed by atoms with Crippen LogP contribution in [-0.4, -0.2) is 34.7 Å². The van der Waals surface area contributed by atoms with E-state index < -0.39 is 17.4 Å². The van der Waals surface area contributed by atoms with E-state index in [0.29, 0.717) is 12.1 Å². The minimum Gasteiger partial charge on any atom is -0.444 e. The van der Waals surface area contributed by atoms with Crippen LogP contribution >= 0.6 is 15.9 Å². The zero-order valence-corrected chi connectivity index (χ0v) is 13.4. The van der Waals surface area contributed by atoms with Gasteiger partial charge in [0.2, 0.25) is 0 Å². The second-order valence-electron chi connectivity index (χ2n) is 6.01. The molecule has 1 atom stereocenters. The number of alkyl halides is 1. The van der Waals surface area contributed by atoms with Gasteiger partial charge >= 0.3 is 6.09 Å². The Kier molecular flexibility index (Phi) is 4.04. The number of hydrogen-bond donors (Lipinski definition) is 0. The number of carbonyl (C=O) groups is 1. The Morgan fingerprint density at radius 1 is 1.50 bits per heavy atom. The molecule has 6 heteroatoms. The first kappa shape index (κ1) is 15.2. The van der Waals surface area contributed by atoms with Gasteiger partial charge in [-0.05, 0) is 42.8 Å². The summed E-state index contributed by atoms with van der Waals surface area (Å²) >= 11 is 3.28. The van der Waals surface area contributed by atoms with Crippen LogP contribution in [0.5, 0.6) is 0 Å². The molecule has 1 aromatic heterocycles. The molecule has 110 valence electrons. The molecule has 1 aliphatic rings. The van der Waals surface area contributed by atoms with Gasteiger partial charge in [0.25, 0.3) is 0 Å². The molecule has 1 aromatic rings. The number of ether oxygens (including phenoxy) is 1. The maximum absolute atomic E-state index is 15.0. The summed E-state index contributed by atoms with van der Waals surface area (Å²) in [5, 5.41) is 0. The minimum absolute atomic E-state index is 0.0000463. The molecule has 1 fully saturated rings. The van der Waals surface area contributed by atoms with E-state index in [1.165, 1.54) is 11.1 Å². The van der Waals surface area contributed by atoms with E-state index in [4.69, 9.17) is 4.74 Å². The number of hydrogen-bond acceptors (Lipinski definition) is 3. The van der Waals surface area contributed by atoms with Crippen LogP contribution in [0.1, 0.15) is 32.8 Å². The summed E-state index contributed by atoms with van der Waals surface area (Å²) in [4.78, 5) is 17.3. The largest absolute Gasteiger partial charge is 0.444 e. The molecule has 1 amide bonds. The van der Waals surface area contributed by atoms with Crippen LogP contribution in [0.4, 0.5) is 9.18 Å². The molecule has 0 N–H and O–H groups in total. The standard InChI is InChI=1S/C14H18BrFN2O2/c1-13(2,3)20-12(19)18-5-4-14(16,9-18)10-6-11(15)8-17-7-10/h6-8H,4-5,9H2,1-3H3.